The Balaban J connectivity index is 2.57. The van der Waals surface area contributed by atoms with Gasteiger partial charge in [0.1, 0.15) is 6.04 Å². The Labute approximate surface area is 76.9 Å². The summed E-state index contributed by atoms with van der Waals surface area (Å²) in [5, 5.41) is 8.78. The maximum Gasteiger partial charge on any atom is 0.327 e. The van der Waals surface area contributed by atoms with Crippen LogP contribution in [0.15, 0.2) is 12.4 Å². The normalized spacial score (nSPS) is 18.5. The molecule has 5 heteroatoms. The highest BCUT2D eigenvalue weighted by Gasteiger charge is 2.24. The van der Waals surface area contributed by atoms with Gasteiger partial charge in [-0.25, -0.2) is 4.79 Å². The van der Waals surface area contributed by atoms with Crippen molar-refractivity contribution < 1.29 is 9.90 Å². The van der Waals surface area contributed by atoms with Gasteiger partial charge in [-0.1, -0.05) is 0 Å². The molecule has 4 nitrogen and oxygen atoms in total. The van der Waals surface area contributed by atoms with E-state index in [0.29, 0.717) is 12.4 Å². The highest BCUT2D eigenvalue weighted by molar-refractivity contribution is 7.80. The number of hydrogen-bond acceptors (Lipinski definition) is 4. The maximum atomic E-state index is 10.7. The molecule has 0 spiro atoms. The van der Waals surface area contributed by atoms with Gasteiger partial charge in [0.25, 0.3) is 0 Å². The van der Waals surface area contributed by atoms with Gasteiger partial charge >= 0.3 is 5.97 Å². The van der Waals surface area contributed by atoms with E-state index in [4.69, 9.17) is 5.11 Å². The van der Waals surface area contributed by atoms with E-state index in [1.807, 2.05) is 18.1 Å². The summed E-state index contributed by atoms with van der Waals surface area (Å²) >= 11 is 3.98. The van der Waals surface area contributed by atoms with Gasteiger partial charge in [-0.2, -0.15) is 12.6 Å². The number of carboxylic acid groups (broad SMARTS) is 1. The Hall–Kier alpha value is -0.840. The molecule has 0 fully saturated rings. The lowest BCUT2D eigenvalue weighted by Gasteiger charge is -2.23. The molecule has 1 rings (SSSR count). The van der Waals surface area contributed by atoms with Crippen LogP contribution in [0.3, 0.4) is 0 Å². The summed E-state index contributed by atoms with van der Waals surface area (Å²) < 4.78 is 0. The van der Waals surface area contributed by atoms with Gasteiger partial charge in [0.2, 0.25) is 0 Å². The summed E-state index contributed by atoms with van der Waals surface area (Å²) in [4.78, 5) is 14.3. The summed E-state index contributed by atoms with van der Waals surface area (Å²) in [5.74, 6) is -0.502. The van der Waals surface area contributed by atoms with E-state index in [9.17, 15) is 4.79 Å². The van der Waals surface area contributed by atoms with Crippen LogP contribution in [0.4, 0.5) is 0 Å². The molecule has 1 heterocycles. The number of thiol groups is 1. The van der Waals surface area contributed by atoms with E-state index in [-0.39, 0.29) is 0 Å². The van der Waals surface area contributed by atoms with Gasteiger partial charge in [-0.05, 0) is 0 Å². The smallest absolute Gasteiger partial charge is 0.327 e. The van der Waals surface area contributed by atoms with Crippen molar-refractivity contribution in [1.29, 1.82) is 0 Å². The zero-order valence-electron chi connectivity index (χ0n) is 6.84. The standard InChI is InChI=1S/C7H12N2O2S/c1-8-2-3-9(5-8)6(4-12)7(10)11/h2-3,6,12H,4-5H2,1H3,(H,10,11). The lowest BCUT2D eigenvalue weighted by Crippen LogP contribution is -2.40. The van der Waals surface area contributed by atoms with Crippen LogP contribution in [0.2, 0.25) is 0 Å². The van der Waals surface area contributed by atoms with Crippen molar-refractivity contribution >= 4 is 18.6 Å². The van der Waals surface area contributed by atoms with Crippen LogP contribution in [0.1, 0.15) is 0 Å². The van der Waals surface area contributed by atoms with Crippen LogP contribution in [0.25, 0.3) is 0 Å². The van der Waals surface area contributed by atoms with Crippen molar-refractivity contribution in [3.8, 4) is 0 Å². The molecule has 0 bridgehead atoms. The van der Waals surface area contributed by atoms with Gasteiger partial charge in [-0.15, -0.1) is 0 Å². The Kier molecular flexibility index (Phi) is 2.86. The molecule has 0 amide bonds. The lowest BCUT2D eigenvalue weighted by atomic mass is 10.3. The van der Waals surface area contributed by atoms with Crippen molar-refractivity contribution in [2.75, 3.05) is 19.5 Å². The quantitative estimate of drug-likeness (QED) is 0.614. The van der Waals surface area contributed by atoms with Crippen LogP contribution in [-0.2, 0) is 4.79 Å². The fourth-order valence-electron chi connectivity index (χ4n) is 1.08. The van der Waals surface area contributed by atoms with Gasteiger partial charge in [-0.3, -0.25) is 0 Å². The summed E-state index contributed by atoms with van der Waals surface area (Å²) in [6.07, 6.45) is 3.62. The summed E-state index contributed by atoms with van der Waals surface area (Å²) in [7, 11) is 1.90. The molecule has 0 aromatic rings. The minimum atomic E-state index is -0.829. The molecule has 0 radical (unpaired) electrons. The van der Waals surface area contributed by atoms with E-state index in [2.05, 4.69) is 12.6 Å². The van der Waals surface area contributed by atoms with Crippen molar-refractivity contribution in [3.05, 3.63) is 12.4 Å². The Morgan fingerprint density at radius 3 is 2.75 bits per heavy atom. The molecule has 0 saturated carbocycles. The number of hydrogen-bond donors (Lipinski definition) is 2. The first-order chi connectivity index (χ1) is 5.65. The molecule has 1 N–H and O–H groups in total. The van der Waals surface area contributed by atoms with E-state index in [1.165, 1.54) is 0 Å². The zero-order valence-corrected chi connectivity index (χ0v) is 7.74. The number of nitrogens with zero attached hydrogens (tertiary/aromatic N) is 2. The second-order valence-corrected chi connectivity index (χ2v) is 3.11. The minimum absolute atomic E-state index is 0.327. The van der Waals surface area contributed by atoms with E-state index >= 15 is 0 Å². The molecule has 1 unspecified atom stereocenters. The fraction of sp³-hybridized carbons (Fsp3) is 0.571. The van der Waals surface area contributed by atoms with Crippen LogP contribution < -0.4 is 0 Å². The van der Waals surface area contributed by atoms with E-state index in [1.54, 1.807) is 11.1 Å². The van der Waals surface area contributed by atoms with Gasteiger partial charge < -0.3 is 14.9 Å². The molecular weight excluding hydrogens is 176 g/mol. The predicted octanol–water partition coefficient (Wildman–Crippen LogP) is 0.0455. The molecule has 1 aliphatic heterocycles. The Morgan fingerprint density at radius 1 is 1.75 bits per heavy atom. The third-order valence-corrected chi connectivity index (χ3v) is 2.10. The summed E-state index contributed by atoms with van der Waals surface area (Å²) in [6.45, 7) is 0.623. The van der Waals surface area contributed by atoms with E-state index < -0.39 is 12.0 Å². The van der Waals surface area contributed by atoms with Crippen molar-refractivity contribution in [1.82, 2.24) is 9.80 Å². The number of aliphatic carboxylic acids is 1. The molecule has 0 aromatic carbocycles. The Morgan fingerprint density at radius 2 is 2.42 bits per heavy atom. The number of rotatable bonds is 3. The second kappa shape index (κ2) is 3.71. The third kappa shape index (κ3) is 1.85. The monoisotopic (exact) mass is 188 g/mol. The first kappa shape index (κ1) is 9.25. The highest BCUT2D eigenvalue weighted by atomic mass is 32.1. The summed E-state index contributed by atoms with van der Waals surface area (Å²) in [5.41, 5.74) is 0. The Bertz CT molecular complexity index is 208. The SMILES string of the molecule is CN1C=CN(C(CS)C(=O)O)C1. The first-order valence-corrected chi connectivity index (χ1v) is 4.26. The van der Waals surface area contributed by atoms with Gasteiger partial charge in [0.05, 0.1) is 6.67 Å². The topological polar surface area (TPSA) is 43.8 Å². The van der Waals surface area contributed by atoms with Crippen molar-refractivity contribution in [3.63, 3.8) is 0 Å². The highest BCUT2D eigenvalue weighted by Crippen LogP contribution is 2.10. The molecule has 0 aliphatic carbocycles. The minimum Gasteiger partial charge on any atom is -0.480 e. The van der Waals surface area contributed by atoms with Crippen LogP contribution >= 0.6 is 12.6 Å². The lowest BCUT2D eigenvalue weighted by molar-refractivity contribution is -0.141. The largest absolute Gasteiger partial charge is 0.480 e. The fourth-order valence-corrected chi connectivity index (χ4v) is 1.44. The average Bonchev–Trinajstić information content (AvgIpc) is 2.37. The molecule has 1 atom stereocenters. The molecule has 68 valence electrons. The predicted molar refractivity (Wildman–Crippen MR) is 48.9 cm³/mol. The van der Waals surface area contributed by atoms with Crippen molar-refractivity contribution in [2.45, 2.75) is 6.04 Å². The third-order valence-electron chi connectivity index (χ3n) is 1.76. The number of carbonyl (C=O) groups is 1. The number of carboxylic acids is 1. The van der Waals surface area contributed by atoms with Crippen LogP contribution in [0, 0.1) is 0 Å². The van der Waals surface area contributed by atoms with E-state index in [0.717, 1.165) is 0 Å². The van der Waals surface area contributed by atoms with Crippen LogP contribution in [0.5, 0.6) is 0 Å². The molecule has 0 aromatic heterocycles. The molecule has 0 saturated heterocycles. The first-order valence-electron chi connectivity index (χ1n) is 3.63. The molecule has 1 aliphatic rings. The molecule has 12 heavy (non-hydrogen) atoms. The zero-order chi connectivity index (χ0) is 9.14. The average molecular weight is 188 g/mol. The van der Waals surface area contributed by atoms with Crippen LogP contribution in [-0.4, -0.2) is 46.4 Å². The van der Waals surface area contributed by atoms with Gasteiger partial charge in [0, 0.05) is 25.2 Å². The maximum absolute atomic E-state index is 10.7. The second-order valence-electron chi connectivity index (χ2n) is 2.75. The van der Waals surface area contributed by atoms with Gasteiger partial charge in [0.15, 0.2) is 0 Å². The molecular formula is C7H12N2O2S. The summed E-state index contributed by atoms with van der Waals surface area (Å²) in [6, 6.07) is -0.519. The van der Waals surface area contributed by atoms with Crippen molar-refractivity contribution in [2.24, 2.45) is 0 Å².